The van der Waals surface area contributed by atoms with E-state index in [1.165, 1.54) is 11.1 Å². The molecule has 0 saturated heterocycles. The van der Waals surface area contributed by atoms with E-state index in [9.17, 15) is 0 Å². The third-order valence-electron chi connectivity index (χ3n) is 2.87. The quantitative estimate of drug-likeness (QED) is 0.798. The maximum Gasteiger partial charge on any atom is 0.182 e. The van der Waals surface area contributed by atoms with Crippen molar-refractivity contribution in [2.24, 2.45) is 0 Å². The van der Waals surface area contributed by atoms with Gasteiger partial charge in [0.1, 0.15) is 12.4 Å². The summed E-state index contributed by atoms with van der Waals surface area (Å²) in [7, 11) is 0. The maximum absolute atomic E-state index is 5.85. The molecule has 20 heavy (non-hydrogen) atoms. The van der Waals surface area contributed by atoms with E-state index in [1.807, 2.05) is 18.3 Å². The fourth-order valence-corrected chi connectivity index (χ4v) is 2.81. The van der Waals surface area contributed by atoms with Crippen LogP contribution in [-0.2, 0) is 6.61 Å². The first-order valence-corrected chi connectivity index (χ1v) is 8.29. The van der Waals surface area contributed by atoms with Crippen LogP contribution in [0.5, 0.6) is 5.75 Å². The Morgan fingerprint density at radius 2 is 2.00 bits per heavy atom. The highest BCUT2D eigenvalue weighted by atomic mass is 79.9. The molecule has 0 atom stereocenters. The molecular weight excluding hydrogens is 336 g/mol. The number of halogens is 1. The summed E-state index contributed by atoms with van der Waals surface area (Å²) in [5.74, 6) is 0.902. The second-order valence-electron chi connectivity index (χ2n) is 4.72. The van der Waals surface area contributed by atoms with E-state index in [0.29, 0.717) is 6.61 Å². The van der Waals surface area contributed by atoms with E-state index in [1.54, 1.807) is 11.3 Å². The summed E-state index contributed by atoms with van der Waals surface area (Å²) < 4.78 is 7.00. The molecule has 5 heteroatoms. The van der Waals surface area contributed by atoms with Crippen LogP contribution in [0.4, 0.5) is 5.13 Å². The molecule has 1 aromatic heterocycles. The maximum atomic E-state index is 5.85. The molecule has 0 unspecified atom stereocenters. The zero-order valence-corrected chi connectivity index (χ0v) is 14.4. The van der Waals surface area contributed by atoms with Crippen molar-refractivity contribution >= 4 is 32.4 Å². The van der Waals surface area contributed by atoms with Crippen LogP contribution in [0.1, 0.15) is 29.3 Å². The molecule has 0 bridgehead atoms. The summed E-state index contributed by atoms with van der Waals surface area (Å²) in [6.45, 7) is 7.81. The Labute approximate surface area is 132 Å². The number of ether oxygens (including phenoxy) is 1. The average molecular weight is 355 g/mol. The summed E-state index contributed by atoms with van der Waals surface area (Å²) in [6.07, 6.45) is 2.98. The van der Waals surface area contributed by atoms with Gasteiger partial charge < -0.3 is 10.1 Å². The molecule has 0 fully saturated rings. The number of aromatic nitrogens is 1. The molecule has 0 aliphatic carbocycles. The van der Waals surface area contributed by atoms with E-state index in [4.69, 9.17) is 4.74 Å². The Bertz CT molecular complexity index is 560. The number of benzene rings is 1. The van der Waals surface area contributed by atoms with Gasteiger partial charge in [-0.2, -0.15) is 0 Å². The van der Waals surface area contributed by atoms with Crippen molar-refractivity contribution in [3.8, 4) is 5.75 Å². The van der Waals surface area contributed by atoms with Crippen molar-refractivity contribution in [3.05, 3.63) is 38.8 Å². The molecule has 0 spiro atoms. The SMILES string of the molecule is CCCNc1ncc(COc2cc(C)c(Br)c(C)c2)s1. The monoisotopic (exact) mass is 354 g/mol. The zero-order valence-electron chi connectivity index (χ0n) is 12.0. The third kappa shape index (κ3) is 3.96. The highest BCUT2D eigenvalue weighted by molar-refractivity contribution is 9.10. The molecule has 1 heterocycles. The lowest BCUT2D eigenvalue weighted by Gasteiger charge is -2.09. The summed E-state index contributed by atoms with van der Waals surface area (Å²) in [6, 6.07) is 4.10. The second kappa shape index (κ2) is 7.09. The summed E-state index contributed by atoms with van der Waals surface area (Å²) >= 11 is 5.21. The molecular formula is C15H19BrN2OS. The molecule has 0 radical (unpaired) electrons. The molecule has 3 nitrogen and oxygen atoms in total. The Kier molecular flexibility index (Phi) is 5.43. The van der Waals surface area contributed by atoms with E-state index in [0.717, 1.165) is 33.2 Å². The van der Waals surface area contributed by atoms with E-state index in [-0.39, 0.29) is 0 Å². The normalized spacial score (nSPS) is 10.6. The largest absolute Gasteiger partial charge is 0.488 e. The van der Waals surface area contributed by atoms with Crippen molar-refractivity contribution in [1.82, 2.24) is 4.98 Å². The Morgan fingerprint density at radius 3 is 2.65 bits per heavy atom. The van der Waals surface area contributed by atoms with Gasteiger partial charge in [-0.05, 0) is 43.5 Å². The molecule has 0 aliphatic heterocycles. The van der Waals surface area contributed by atoms with E-state index >= 15 is 0 Å². The van der Waals surface area contributed by atoms with Crippen LogP contribution in [0, 0.1) is 13.8 Å². The van der Waals surface area contributed by atoms with Crippen molar-refractivity contribution in [2.75, 3.05) is 11.9 Å². The zero-order chi connectivity index (χ0) is 14.5. The first kappa shape index (κ1) is 15.3. The summed E-state index contributed by atoms with van der Waals surface area (Å²) in [5.41, 5.74) is 2.38. The summed E-state index contributed by atoms with van der Waals surface area (Å²) in [4.78, 5) is 5.46. The van der Waals surface area contributed by atoms with Crippen molar-refractivity contribution in [1.29, 1.82) is 0 Å². The molecule has 0 amide bonds. The van der Waals surface area contributed by atoms with E-state index < -0.39 is 0 Å². The van der Waals surface area contributed by atoms with Crippen LogP contribution < -0.4 is 10.1 Å². The molecule has 108 valence electrons. The van der Waals surface area contributed by atoms with Gasteiger partial charge in [0.05, 0.1) is 4.88 Å². The highest BCUT2D eigenvalue weighted by Crippen LogP contribution is 2.27. The highest BCUT2D eigenvalue weighted by Gasteiger charge is 2.05. The number of nitrogens with zero attached hydrogens (tertiary/aromatic N) is 1. The second-order valence-corrected chi connectivity index (χ2v) is 6.63. The molecule has 1 aromatic carbocycles. The molecule has 2 rings (SSSR count). The van der Waals surface area contributed by atoms with Crippen LogP contribution in [0.3, 0.4) is 0 Å². The average Bonchev–Trinajstić information content (AvgIpc) is 2.88. The predicted molar refractivity (Wildman–Crippen MR) is 88.8 cm³/mol. The molecule has 2 aromatic rings. The number of hydrogen-bond acceptors (Lipinski definition) is 4. The summed E-state index contributed by atoms with van der Waals surface area (Å²) in [5, 5.41) is 4.25. The molecule has 0 saturated carbocycles. The fraction of sp³-hybridized carbons (Fsp3) is 0.400. The number of anilines is 1. The van der Waals surface area contributed by atoms with Gasteiger partial charge in [-0.1, -0.05) is 34.2 Å². The first-order chi connectivity index (χ1) is 9.60. The van der Waals surface area contributed by atoms with Crippen LogP contribution in [0.2, 0.25) is 0 Å². The minimum atomic E-state index is 0.561. The predicted octanol–water partition coefficient (Wildman–Crippen LogP) is 4.92. The van der Waals surface area contributed by atoms with Crippen molar-refractivity contribution in [3.63, 3.8) is 0 Å². The van der Waals surface area contributed by atoms with Gasteiger partial charge in [0.25, 0.3) is 0 Å². The number of thiazole rings is 1. The third-order valence-corrected chi connectivity index (χ3v) is 5.05. The van der Waals surface area contributed by atoms with Gasteiger partial charge in [0.15, 0.2) is 5.13 Å². The van der Waals surface area contributed by atoms with Gasteiger partial charge in [0, 0.05) is 17.2 Å². The van der Waals surface area contributed by atoms with Gasteiger partial charge >= 0.3 is 0 Å². The standard InChI is InChI=1S/C15H19BrN2OS/c1-4-5-17-15-18-8-13(20-15)9-19-12-6-10(2)14(16)11(3)7-12/h6-8H,4-5,9H2,1-3H3,(H,17,18). The lowest BCUT2D eigenvalue weighted by atomic mass is 10.1. The number of rotatable bonds is 6. The van der Waals surface area contributed by atoms with Gasteiger partial charge in [-0.25, -0.2) is 4.98 Å². The molecule has 0 aliphatic rings. The topological polar surface area (TPSA) is 34.2 Å². The van der Waals surface area contributed by atoms with Crippen molar-refractivity contribution < 1.29 is 4.74 Å². The van der Waals surface area contributed by atoms with Gasteiger partial charge in [-0.3, -0.25) is 0 Å². The minimum absolute atomic E-state index is 0.561. The number of aryl methyl sites for hydroxylation is 2. The smallest absolute Gasteiger partial charge is 0.182 e. The van der Waals surface area contributed by atoms with Gasteiger partial charge in [0.2, 0.25) is 0 Å². The number of hydrogen-bond donors (Lipinski definition) is 1. The van der Waals surface area contributed by atoms with Crippen molar-refractivity contribution in [2.45, 2.75) is 33.8 Å². The van der Waals surface area contributed by atoms with E-state index in [2.05, 4.69) is 47.0 Å². The Morgan fingerprint density at radius 1 is 1.30 bits per heavy atom. The Balaban J connectivity index is 1.96. The fourth-order valence-electron chi connectivity index (χ4n) is 1.83. The first-order valence-electron chi connectivity index (χ1n) is 6.68. The molecule has 1 N–H and O–H groups in total. The van der Waals surface area contributed by atoms with Gasteiger partial charge in [-0.15, -0.1) is 0 Å². The number of nitrogens with one attached hydrogen (secondary N) is 1. The Hall–Kier alpha value is -1.07. The minimum Gasteiger partial charge on any atom is -0.488 e. The van der Waals surface area contributed by atoms with Crippen LogP contribution in [-0.4, -0.2) is 11.5 Å². The van der Waals surface area contributed by atoms with Crippen LogP contribution in [0.15, 0.2) is 22.8 Å². The lowest BCUT2D eigenvalue weighted by Crippen LogP contribution is -1.98. The lowest BCUT2D eigenvalue weighted by molar-refractivity contribution is 0.309. The van der Waals surface area contributed by atoms with Crippen LogP contribution >= 0.6 is 27.3 Å². The van der Waals surface area contributed by atoms with Crippen LogP contribution in [0.25, 0.3) is 0 Å².